The van der Waals surface area contributed by atoms with Crippen LogP contribution in [-0.4, -0.2) is 41.2 Å². The highest BCUT2D eigenvalue weighted by Crippen LogP contribution is 2.41. The molecular weight excluding hydrogens is 424 g/mol. The lowest BCUT2D eigenvalue weighted by Crippen LogP contribution is -2.26. The van der Waals surface area contributed by atoms with Gasteiger partial charge in [0.25, 0.3) is 0 Å². The summed E-state index contributed by atoms with van der Waals surface area (Å²) in [6.07, 6.45) is 5.35. The molecule has 1 atom stereocenters. The molecule has 2 aromatic rings. The molecule has 4 heteroatoms. The molecule has 2 aromatic carbocycles. The smallest absolute Gasteiger partial charge is 0.122 e. The van der Waals surface area contributed by atoms with Gasteiger partial charge in [0.1, 0.15) is 5.75 Å². The summed E-state index contributed by atoms with van der Waals surface area (Å²) in [5, 5.41) is 29.0. The van der Waals surface area contributed by atoms with Crippen molar-refractivity contribution in [3.63, 3.8) is 0 Å². The van der Waals surface area contributed by atoms with Gasteiger partial charge < -0.3 is 20.1 Å². The molecule has 0 aliphatic carbocycles. The number of ether oxygens (including phenoxy) is 1. The van der Waals surface area contributed by atoms with Crippen LogP contribution in [0.25, 0.3) is 6.08 Å². The van der Waals surface area contributed by atoms with Gasteiger partial charge in [-0.3, -0.25) is 0 Å². The Balaban J connectivity index is 2.36. The van der Waals surface area contributed by atoms with Gasteiger partial charge in [-0.1, -0.05) is 77.1 Å². The largest absolute Gasteiger partial charge is 0.493 e. The zero-order chi connectivity index (χ0) is 25.5. The predicted molar refractivity (Wildman–Crippen MR) is 141 cm³/mol. The van der Waals surface area contributed by atoms with Crippen molar-refractivity contribution in [3.8, 4) is 5.75 Å². The maximum atomic E-state index is 10.4. The van der Waals surface area contributed by atoms with Gasteiger partial charge >= 0.3 is 0 Å². The molecule has 4 nitrogen and oxygen atoms in total. The van der Waals surface area contributed by atoms with Gasteiger partial charge in [-0.05, 0) is 66.0 Å². The zero-order valence-corrected chi connectivity index (χ0v) is 22.1. The first-order valence-corrected chi connectivity index (χ1v) is 12.4. The molecule has 0 aliphatic heterocycles. The molecule has 0 bridgehead atoms. The van der Waals surface area contributed by atoms with Crippen LogP contribution in [0.3, 0.4) is 0 Å². The summed E-state index contributed by atoms with van der Waals surface area (Å²) < 4.78 is 5.88. The summed E-state index contributed by atoms with van der Waals surface area (Å²) in [5.41, 5.74) is 5.61. The second kappa shape index (κ2) is 12.0. The fraction of sp³-hybridized carbons (Fsp3) is 0.533. The molecule has 0 saturated heterocycles. The highest BCUT2D eigenvalue weighted by atomic mass is 16.5. The van der Waals surface area contributed by atoms with Crippen molar-refractivity contribution in [3.05, 3.63) is 70.3 Å². The molecule has 1 unspecified atom stereocenters. The quantitative estimate of drug-likeness (QED) is 0.389. The maximum Gasteiger partial charge on any atom is 0.122 e. The average molecular weight is 469 g/mol. The molecule has 0 fully saturated rings. The predicted octanol–water partition coefficient (Wildman–Crippen LogP) is 5.81. The third-order valence-electron chi connectivity index (χ3n) is 7.09. The summed E-state index contributed by atoms with van der Waals surface area (Å²) >= 11 is 0. The number of hydrogen-bond acceptors (Lipinski definition) is 4. The highest BCUT2D eigenvalue weighted by Gasteiger charge is 2.31. The minimum absolute atomic E-state index is 0.0951. The molecule has 188 valence electrons. The van der Waals surface area contributed by atoms with Gasteiger partial charge in [0, 0.05) is 11.3 Å². The van der Waals surface area contributed by atoms with E-state index in [-0.39, 0.29) is 36.6 Å². The maximum absolute atomic E-state index is 10.4. The first kappa shape index (κ1) is 28.1. The summed E-state index contributed by atoms with van der Waals surface area (Å²) in [7, 11) is 0. The molecule has 0 spiro atoms. The number of aliphatic hydroxyl groups is 3. The third kappa shape index (κ3) is 6.50. The van der Waals surface area contributed by atoms with Gasteiger partial charge in [0.2, 0.25) is 0 Å². The molecule has 0 amide bonds. The lowest BCUT2D eigenvalue weighted by atomic mass is 9.70. The summed E-state index contributed by atoms with van der Waals surface area (Å²) in [6.45, 7) is 14.8. The summed E-state index contributed by atoms with van der Waals surface area (Å²) in [4.78, 5) is 0. The Morgan fingerprint density at radius 1 is 0.882 bits per heavy atom. The average Bonchev–Trinajstić information content (AvgIpc) is 2.80. The van der Waals surface area contributed by atoms with E-state index < -0.39 is 6.10 Å². The monoisotopic (exact) mass is 468 g/mol. The Kier molecular flexibility index (Phi) is 9.93. The first-order valence-electron chi connectivity index (χ1n) is 12.4. The molecular formula is C30H44O4. The zero-order valence-electron chi connectivity index (χ0n) is 22.1. The van der Waals surface area contributed by atoms with Crippen molar-refractivity contribution in [2.45, 2.75) is 72.8 Å². The van der Waals surface area contributed by atoms with Crippen LogP contribution < -0.4 is 4.74 Å². The lowest BCUT2D eigenvalue weighted by molar-refractivity contribution is 0.106. The van der Waals surface area contributed by atoms with Crippen molar-refractivity contribution in [2.75, 3.05) is 19.8 Å². The van der Waals surface area contributed by atoms with Gasteiger partial charge in [-0.15, -0.1) is 0 Å². The Morgan fingerprint density at radius 3 is 1.91 bits per heavy atom. The topological polar surface area (TPSA) is 69.9 Å². The third-order valence-corrected chi connectivity index (χ3v) is 7.09. The van der Waals surface area contributed by atoms with E-state index in [1.807, 2.05) is 45.9 Å². The number of benzene rings is 2. The molecule has 2 rings (SSSR count). The molecule has 0 heterocycles. The summed E-state index contributed by atoms with van der Waals surface area (Å²) in [5.74, 6) is 0.510. The minimum atomic E-state index is -0.495. The Bertz CT molecular complexity index is 947. The number of hydrogen-bond donors (Lipinski definition) is 3. The van der Waals surface area contributed by atoms with Gasteiger partial charge in [-0.25, -0.2) is 0 Å². The van der Waals surface area contributed by atoms with Crippen LogP contribution in [0, 0.1) is 25.2 Å². The molecule has 0 aliphatic rings. The lowest BCUT2D eigenvalue weighted by Gasteiger charge is -2.34. The van der Waals surface area contributed by atoms with Gasteiger partial charge in [0.15, 0.2) is 0 Å². The van der Waals surface area contributed by atoms with Crippen LogP contribution in [0.15, 0.2) is 42.5 Å². The second-order valence-corrected chi connectivity index (χ2v) is 10.6. The van der Waals surface area contributed by atoms with E-state index in [1.165, 1.54) is 16.7 Å². The van der Waals surface area contributed by atoms with Crippen molar-refractivity contribution < 1.29 is 20.1 Å². The van der Waals surface area contributed by atoms with E-state index in [0.29, 0.717) is 0 Å². The number of rotatable bonds is 11. The fourth-order valence-electron chi connectivity index (χ4n) is 4.36. The van der Waals surface area contributed by atoms with E-state index in [9.17, 15) is 15.3 Å². The second-order valence-electron chi connectivity index (χ2n) is 10.6. The normalized spacial score (nSPS) is 13.6. The van der Waals surface area contributed by atoms with Crippen molar-refractivity contribution in [1.29, 1.82) is 0 Å². The number of aryl methyl sites for hydroxylation is 2. The van der Waals surface area contributed by atoms with E-state index in [2.05, 4.69) is 51.1 Å². The van der Waals surface area contributed by atoms with Crippen molar-refractivity contribution in [2.24, 2.45) is 11.3 Å². The standard InChI is InChI=1S/C30H44O4/c1-8-30(9-2,26-13-14-27(22(4)17-26)34-20-23(18-31)19-32)25-12-10-24(21(3)16-25)11-15-28(33)29(5,6)7/h10-17,23,28,31-33H,8-9,18-20H2,1-7H3/b15-11+. The van der Waals surface area contributed by atoms with Crippen LogP contribution in [0.2, 0.25) is 0 Å². The van der Waals surface area contributed by atoms with E-state index >= 15 is 0 Å². The molecule has 0 saturated carbocycles. The van der Waals surface area contributed by atoms with Gasteiger partial charge in [0.05, 0.1) is 25.9 Å². The van der Waals surface area contributed by atoms with E-state index in [1.54, 1.807) is 0 Å². The van der Waals surface area contributed by atoms with Crippen LogP contribution in [0.1, 0.15) is 75.3 Å². The molecule has 0 aromatic heterocycles. The van der Waals surface area contributed by atoms with E-state index in [0.717, 1.165) is 29.7 Å². The molecule has 0 radical (unpaired) electrons. The fourth-order valence-corrected chi connectivity index (χ4v) is 4.36. The minimum Gasteiger partial charge on any atom is -0.493 e. The van der Waals surface area contributed by atoms with Crippen LogP contribution in [0.4, 0.5) is 0 Å². The Morgan fingerprint density at radius 2 is 1.44 bits per heavy atom. The molecule has 3 N–H and O–H groups in total. The SMILES string of the molecule is CCC(CC)(c1ccc(/C=C/C(O)C(C)(C)C)c(C)c1)c1ccc(OCC(CO)CO)c(C)c1. The number of aliphatic hydroxyl groups excluding tert-OH is 3. The van der Waals surface area contributed by atoms with Crippen molar-refractivity contribution >= 4 is 6.08 Å². The summed E-state index contributed by atoms with van der Waals surface area (Å²) in [6, 6.07) is 13.0. The molecule has 34 heavy (non-hydrogen) atoms. The van der Waals surface area contributed by atoms with Crippen LogP contribution in [-0.2, 0) is 5.41 Å². The van der Waals surface area contributed by atoms with Crippen molar-refractivity contribution in [1.82, 2.24) is 0 Å². The Labute approximate surface area is 206 Å². The van der Waals surface area contributed by atoms with Crippen LogP contribution in [0.5, 0.6) is 5.75 Å². The first-order chi connectivity index (χ1) is 16.0. The highest BCUT2D eigenvalue weighted by molar-refractivity contribution is 5.57. The van der Waals surface area contributed by atoms with E-state index in [4.69, 9.17) is 4.74 Å². The Hall–Kier alpha value is -2.14. The van der Waals surface area contributed by atoms with Gasteiger partial charge in [-0.2, -0.15) is 0 Å². The van der Waals surface area contributed by atoms with Crippen LogP contribution >= 0.6 is 0 Å².